The minimum absolute atomic E-state index is 0.470. The number of imidazole rings is 1. The van der Waals surface area contributed by atoms with Crippen molar-refractivity contribution in [1.29, 1.82) is 0 Å². The number of hydrogen-bond acceptors (Lipinski definition) is 4. The lowest BCUT2D eigenvalue weighted by molar-refractivity contribution is -0.920. The second-order valence-electron chi connectivity index (χ2n) is 6.78. The van der Waals surface area contributed by atoms with E-state index in [0.29, 0.717) is 6.54 Å². The van der Waals surface area contributed by atoms with Crippen LogP contribution in [0.1, 0.15) is 23.1 Å². The average molecular weight is 370 g/mol. The van der Waals surface area contributed by atoms with Crippen molar-refractivity contribution in [3.05, 3.63) is 58.7 Å². The maximum Gasteiger partial charge on any atom is 0.150 e. The molecule has 0 saturated heterocycles. The Labute approximate surface area is 157 Å². The van der Waals surface area contributed by atoms with Gasteiger partial charge in [0.05, 0.1) is 29.9 Å². The normalized spacial score (nSPS) is 17.7. The van der Waals surface area contributed by atoms with Crippen molar-refractivity contribution < 1.29 is 14.7 Å². The molecular formula is C20H24N3O2S+. The average Bonchev–Trinajstić information content (AvgIpc) is 3.30. The van der Waals surface area contributed by atoms with Crippen molar-refractivity contribution in [3.8, 4) is 16.5 Å². The van der Waals surface area contributed by atoms with Crippen LogP contribution < -0.4 is 9.64 Å². The van der Waals surface area contributed by atoms with E-state index < -0.39 is 6.10 Å². The fourth-order valence-electron chi connectivity index (χ4n) is 3.65. The molecule has 0 spiro atoms. The molecule has 3 heterocycles. The molecule has 0 bridgehead atoms. The Morgan fingerprint density at radius 1 is 1.31 bits per heavy atom. The molecule has 4 rings (SSSR count). The van der Waals surface area contributed by atoms with E-state index in [-0.39, 0.29) is 0 Å². The van der Waals surface area contributed by atoms with Crippen molar-refractivity contribution in [2.45, 2.75) is 19.1 Å². The molecule has 1 aliphatic heterocycles. The number of hydrogen-bond donors (Lipinski definition) is 2. The van der Waals surface area contributed by atoms with Gasteiger partial charge in [-0.05, 0) is 29.1 Å². The second-order valence-corrected chi connectivity index (χ2v) is 7.73. The molecule has 5 nitrogen and oxygen atoms in total. The first-order valence-corrected chi connectivity index (χ1v) is 9.77. The van der Waals surface area contributed by atoms with E-state index in [4.69, 9.17) is 9.72 Å². The summed E-state index contributed by atoms with van der Waals surface area (Å²) < 4.78 is 7.41. The molecular weight excluding hydrogens is 346 g/mol. The Morgan fingerprint density at radius 2 is 2.12 bits per heavy atom. The Balaban J connectivity index is 1.48. The van der Waals surface area contributed by atoms with Crippen LogP contribution in [0.3, 0.4) is 0 Å². The third-order valence-electron chi connectivity index (χ3n) is 5.15. The van der Waals surface area contributed by atoms with Crippen LogP contribution in [0.4, 0.5) is 0 Å². The lowest BCUT2D eigenvalue weighted by Gasteiger charge is -2.26. The highest BCUT2D eigenvalue weighted by Crippen LogP contribution is 2.26. The lowest BCUT2D eigenvalue weighted by atomic mass is 10.1. The summed E-state index contributed by atoms with van der Waals surface area (Å²) in [6, 6.07) is 11.9. The summed E-state index contributed by atoms with van der Waals surface area (Å²) >= 11 is 1.72. The van der Waals surface area contributed by atoms with Crippen LogP contribution in [0.15, 0.2) is 41.8 Å². The van der Waals surface area contributed by atoms with Crippen LogP contribution in [0.5, 0.6) is 5.75 Å². The Hall–Kier alpha value is -2.15. The van der Waals surface area contributed by atoms with Gasteiger partial charge in [-0.2, -0.15) is 0 Å². The number of nitrogens with zero attached hydrogens (tertiary/aromatic N) is 2. The van der Waals surface area contributed by atoms with Crippen LogP contribution in [0.25, 0.3) is 10.7 Å². The molecule has 0 saturated carbocycles. The zero-order valence-electron chi connectivity index (χ0n) is 15.1. The molecule has 3 aromatic rings. The number of methoxy groups -OCH3 is 1. The molecule has 1 aliphatic rings. The highest BCUT2D eigenvalue weighted by molar-refractivity contribution is 7.13. The quantitative estimate of drug-likeness (QED) is 0.721. The number of fused-ring (bicyclic) bond motifs is 1. The Bertz CT molecular complexity index is 871. The van der Waals surface area contributed by atoms with Crippen LogP contribution in [-0.2, 0) is 20.0 Å². The van der Waals surface area contributed by atoms with Crippen LogP contribution in [0.2, 0.25) is 0 Å². The molecule has 136 valence electrons. The lowest BCUT2D eigenvalue weighted by Crippen LogP contribution is -3.12. The minimum atomic E-state index is -0.470. The first kappa shape index (κ1) is 17.3. The number of rotatable bonds is 5. The van der Waals surface area contributed by atoms with Crippen LogP contribution in [0, 0.1) is 0 Å². The number of aromatic nitrogens is 2. The smallest absolute Gasteiger partial charge is 0.150 e. The van der Waals surface area contributed by atoms with Gasteiger partial charge < -0.3 is 19.3 Å². The van der Waals surface area contributed by atoms with Gasteiger partial charge in [0.2, 0.25) is 0 Å². The maximum absolute atomic E-state index is 10.6. The van der Waals surface area contributed by atoms with E-state index in [2.05, 4.69) is 29.1 Å². The summed E-state index contributed by atoms with van der Waals surface area (Å²) in [6.07, 6.45) is 0.488. The van der Waals surface area contributed by atoms with Gasteiger partial charge in [0.25, 0.3) is 0 Å². The molecule has 2 aromatic heterocycles. The van der Waals surface area contributed by atoms with Crippen molar-refractivity contribution in [1.82, 2.24) is 9.55 Å². The first-order chi connectivity index (χ1) is 12.7. The molecule has 1 aromatic carbocycles. The SMILES string of the molecule is COc1ccc([C@@H](O)C[NH+]2CCc3nc(-c4cccs4)n(C)c3C2)cc1. The third kappa shape index (κ3) is 3.28. The molecule has 0 radical (unpaired) electrons. The summed E-state index contributed by atoms with van der Waals surface area (Å²) in [5, 5.41) is 12.7. The van der Waals surface area contributed by atoms with Gasteiger partial charge in [0.1, 0.15) is 30.8 Å². The largest absolute Gasteiger partial charge is 0.497 e. The zero-order chi connectivity index (χ0) is 18.1. The van der Waals surface area contributed by atoms with E-state index >= 15 is 0 Å². The van der Waals surface area contributed by atoms with E-state index in [1.54, 1.807) is 18.4 Å². The third-order valence-corrected chi connectivity index (χ3v) is 6.02. The standard InChI is InChI=1S/C20H23N3O2S/c1-22-17-12-23(13-18(24)14-5-7-15(25-2)8-6-14)10-9-16(17)21-20(22)19-4-3-11-26-19/h3-8,11,18,24H,9-10,12-13H2,1-2H3/p+1/t18-/m0/s1. The number of benzene rings is 1. The highest BCUT2D eigenvalue weighted by Gasteiger charge is 2.28. The molecule has 26 heavy (non-hydrogen) atoms. The van der Waals surface area contributed by atoms with Crippen molar-refractivity contribution in [3.63, 3.8) is 0 Å². The van der Waals surface area contributed by atoms with Gasteiger partial charge in [-0.1, -0.05) is 18.2 Å². The molecule has 2 N–H and O–H groups in total. The van der Waals surface area contributed by atoms with Gasteiger partial charge in [-0.3, -0.25) is 0 Å². The van der Waals surface area contributed by atoms with Crippen molar-refractivity contribution in [2.75, 3.05) is 20.2 Å². The maximum atomic E-state index is 10.6. The number of aliphatic hydroxyl groups is 1. The Kier molecular flexibility index (Phi) is 4.80. The summed E-state index contributed by atoms with van der Waals surface area (Å²) in [7, 11) is 3.75. The summed E-state index contributed by atoms with van der Waals surface area (Å²) in [5.41, 5.74) is 3.43. The summed E-state index contributed by atoms with van der Waals surface area (Å²) in [6.45, 7) is 2.60. The molecule has 1 unspecified atom stereocenters. The van der Waals surface area contributed by atoms with Gasteiger partial charge in [-0.25, -0.2) is 4.98 Å². The highest BCUT2D eigenvalue weighted by atomic mass is 32.1. The minimum Gasteiger partial charge on any atom is -0.497 e. The van der Waals surface area contributed by atoms with Crippen molar-refractivity contribution >= 4 is 11.3 Å². The Morgan fingerprint density at radius 3 is 2.81 bits per heavy atom. The van der Waals surface area contributed by atoms with Crippen LogP contribution >= 0.6 is 11.3 Å². The number of thiophene rings is 1. The molecule has 0 fully saturated rings. The van der Waals surface area contributed by atoms with E-state index in [0.717, 1.165) is 36.6 Å². The molecule has 6 heteroatoms. The predicted octanol–water partition coefficient (Wildman–Crippen LogP) is 1.83. The number of ether oxygens (including phenoxy) is 1. The molecule has 2 atom stereocenters. The fraction of sp³-hybridized carbons (Fsp3) is 0.350. The molecule has 0 aliphatic carbocycles. The zero-order valence-corrected chi connectivity index (χ0v) is 15.9. The summed E-state index contributed by atoms with van der Waals surface area (Å²) in [4.78, 5) is 7.47. The van der Waals surface area contributed by atoms with E-state index in [1.807, 2.05) is 24.3 Å². The number of quaternary nitrogens is 1. The number of aliphatic hydroxyl groups excluding tert-OH is 1. The van der Waals surface area contributed by atoms with Crippen LogP contribution in [-0.4, -0.2) is 34.9 Å². The van der Waals surface area contributed by atoms with Gasteiger partial charge in [0.15, 0.2) is 0 Å². The monoisotopic (exact) mass is 370 g/mol. The van der Waals surface area contributed by atoms with E-state index in [9.17, 15) is 5.11 Å². The van der Waals surface area contributed by atoms with Gasteiger partial charge >= 0.3 is 0 Å². The first-order valence-electron chi connectivity index (χ1n) is 8.89. The molecule has 0 amide bonds. The van der Waals surface area contributed by atoms with Gasteiger partial charge in [-0.15, -0.1) is 11.3 Å². The number of nitrogens with one attached hydrogen (secondary N) is 1. The summed E-state index contributed by atoms with van der Waals surface area (Å²) in [5.74, 6) is 1.87. The fourth-order valence-corrected chi connectivity index (χ4v) is 4.40. The van der Waals surface area contributed by atoms with E-state index in [1.165, 1.54) is 21.2 Å². The second kappa shape index (κ2) is 7.23. The van der Waals surface area contributed by atoms with Crippen molar-refractivity contribution in [2.24, 2.45) is 7.05 Å². The topological polar surface area (TPSA) is 51.7 Å². The predicted molar refractivity (Wildman–Crippen MR) is 103 cm³/mol. The van der Waals surface area contributed by atoms with Gasteiger partial charge in [0, 0.05) is 13.5 Å².